The summed E-state index contributed by atoms with van der Waals surface area (Å²) in [5, 5.41) is 4.36. The van der Waals surface area contributed by atoms with Gasteiger partial charge in [0.05, 0.1) is 17.6 Å². The van der Waals surface area contributed by atoms with Crippen molar-refractivity contribution in [1.29, 1.82) is 0 Å². The van der Waals surface area contributed by atoms with Crippen molar-refractivity contribution < 1.29 is 4.79 Å². The summed E-state index contributed by atoms with van der Waals surface area (Å²) in [5.41, 5.74) is 4.07. The molecule has 0 spiro atoms. The van der Waals surface area contributed by atoms with E-state index in [1.54, 1.807) is 0 Å². The average Bonchev–Trinajstić information content (AvgIpc) is 2.91. The Morgan fingerprint density at radius 2 is 2.19 bits per heavy atom. The maximum absolute atomic E-state index is 11.0. The Morgan fingerprint density at radius 3 is 3.06 bits per heavy atom. The van der Waals surface area contributed by atoms with E-state index in [1.165, 1.54) is 11.3 Å². The zero-order valence-corrected chi connectivity index (χ0v) is 9.41. The van der Waals surface area contributed by atoms with E-state index in [2.05, 4.69) is 5.10 Å². The fourth-order valence-corrected chi connectivity index (χ4v) is 2.99. The molecular weight excluding hydrogens is 220 g/mol. The van der Waals surface area contributed by atoms with E-state index in [9.17, 15) is 4.79 Å². The number of rotatable bonds is 2. The number of nitrogens with zero attached hydrogens (tertiary/aromatic N) is 2. The van der Waals surface area contributed by atoms with Gasteiger partial charge in [-0.05, 0) is 12.1 Å². The van der Waals surface area contributed by atoms with Gasteiger partial charge in [-0.15, -0.1) is 0 Å². The first kappa shape index (κ1) is 9.66. The highest BCUT2D eigenvalue weighted by Crippen LogP contribution is 2.31. The Morgan fingerprint density at radius 1 is 1.31 bits per heavy atom. The summed E-state index contributed by atoms with van der Waals surface area (Å²) in [6.07, 6.45) is 2.78. The highest BCUT2D eigenvalue weighted by molar-refractivity contribution is 7.98. The molecule has 2 aromatic rings. The van der Waals surface area contributed by atoms with E-state index >= 15 is 0 Å². The monoisotopic (exact) mass is 230 g/mol. The van der Waals surface area contributed by atoms with E-state index in [-0.39, 0.29) is 0 Å². The normalized spacial score (nSPS) is 13.8. The molecule has 80 valence electrons. The Kier molecular flexibility index (Phi) is 2.29. The van der Waals surface area contributed by atoms with Crippen molar-refractivity contribution >= 4 is 18.0 Å². The van der Waals surface area contributed by atoms with Crippen LogP contribution in [0.25, 0.3) is 5.69 Å². The van der Waals surface area contributed by atoms with Gasteiger partial charge >= 0.3 is 0 Å². The van der Waals surface area contributed by atoms with E-state index in [4.69, 9.17) is 0 Å². The number of aromatic nitrogens is 2. The van der Waals surface area contributed by atoms with Crippen LogP contribution in [0.15, 0.2) is 30.5 Å². The zero-order chi connectivity index (χ0) is 11.0. The molecule has 3 nitrogen and oxygen atoms in total. The van der Waals surface area contributed by atoms with Crippen LogP contribution < -0.4 is 0 Å². The summed E-state index contributed by atoms with van der Waals surface area (Å²) in [5.74, 6) is 2.00. The Balaban J connectivity index is 2.18. The van der Waals surface area contributed by atoms with E-state index < -0.39 is 0 Å². The fraction of sp³-hybridized carbons (Fsp3) is 0.167. The van der Waals surface area contributed by atoms with Gasteiger partial charge in [-0.1, -0.05) is 12.1 Å². The number of carbonyl (C=O) groups is 1. The summed E-state index contributed by atoms with van der Waals surface area (Å²) in [7, 11) is 0. The van der Waals surface area contributed by atoms with Crippen molar-refractivity contribution in [3.8, 4) is 5.69 Å². The lowest BCUT2D eigenvalue weighted by Crippen LogP contribution is -2.03. The van der Waals surface area contributed by atoms with E-state index in [0.717, 1.165) is 23.5 Å². The minimum atomic E-state index is 0.685. The summed E-state index contributed by atoms with van der Waals surface area (Å²) in [6.45, 7) is 0. The fourth-order valence-electron chi connectivity index (χ4n) is 1.93. The first-order valence-electron chi connectivity index (χ1n) is 5.08. The third-order valence-corrected chi connectivity index (χ3v) is 3.74. The standard InChI is InChI=1S/C12H10N2OS/c15-6-9-3-1-2-4-11(9)14-12-8-16-7-10(12)5-13-14/h1-6H,7-8H2. The van der Waals surface area contributed by atoms with Crippen LogP contribution in [0.2, 0.25) is 0 Å². The molecule has 0 radical (unpaired) electrons. The molecule has 0 unspecified atom stereocenters. The molecule has 0 aliphatic carbocycles. The van der Waals surface area contributed by atoms with Gasteiger partial charge in [0, 0.05) is 22.6 Å². The third-order valence-electron chi connectivity index (χ3n) is 2.74. The largest absolute Gasteiger partial charge is 0.298 e. The third kappa shape index (κ3) is 1.38. The second-order valence-electron chi connectivity index (χ2n) is 3.70. The number of para-hydroxylation sites is 1. The van der Waals surface area contributed by atoms with Crippen LogP contribution in [0.3, 0.4) is 0 Å². The van der Waals surface area contributed by atoms with Crippen LogP contribution >= 0.6 is 11.8 Å². The van der Waals surface area contributed by atoms with Crippen molar-refractivity contribution in [2.24, 2.45) is 0 Å². The molecule has 0 amide bonds. The van der Waals surface area contributed by atoms with Gasteiger partial charge < -0.3 is 0 Å². The summed E-state index contributed by atoms with van der Waals surface area (Å²) in [6, 6.07) is 7.54. The molecule has 1 aromatic heterocycles. The molecule has 0 fully saturated rings. The van der Waals surface area contributed by atoms with Crippen molar-refractivity contribution in [3.05, 3.63) is 47.3 Å². The van der Waals surface area contributed by atoms with Gasteiger partial charge in [0.25, 0.3) is 0 Å². The number of thioether (sulfide) groups is 1. The molecule has 0 N–H and O–H groups in total. The van der Waals surface area contributed by atoms with E-state index in [1.807, 2.05) is 46.9 Å². The molecule has 0 saturated heterocycles. The molecule has 3 rings (SSSR count). The number of hydrogen-bond donors (Lipinski definition) is 0. The molecule has 2 heterocycles. The smallest absolute Gasteiger partial charge is 0.152 e. The van der Waals surface area contributed by atoms with Crippen LogP contribution in [0, 0.1) is 0 Å². The van der Waals surface area contributed by atoms with Crippen molar-refractivity contribution in [2.75, 3.05) is 0 Å². The molecular formula is C12H10N2OS. The number of hydrogen-bond acceptors (Lipinski definition) is 3. The minimum Gasteiger partial charge on any atom is -0.298 e. The molecule has 4 heteroatoms. The Hall–Kier alpha value is -1.55. The number of carbonyl (C=O) groups excluding carboxylic acids is 1. The molecule has 1 aliphatic heterocycles. The summed E-state index contributed by atoms with van der Waals surface area (Å²) >= 11 is 1.88. The number of benzene rings is 1. The van der Waals surface area contributed by atoms with E-state index in [0.29, 0.717) is 5.56 Å². The molecule has 16 heavy (non-hydrogen) atoms. The maximum Gasteiger partial charge on any atom is 0.152 e. The van der Waals surface area contributed by atoms with Crippen molar-refractivity contribution in [2.45, 2.75) is 11.5 Å². The van der Waals surface area contributed by atoms with Crippen molar-refractivity contribution in [3.63, 3.8) is 0 Å². The summed E-state index contributed by atoms with van der Waals surface area (Å²) < 4.78 is 1.89. The quantitative estimate of drug-likeness (QED) is 0.743. The molecule has 0 bridgehead atoms. The van der Waals surface area contributed by atoms with Gasteiger partial charge in [0.1, 0.15) is 0 Å². The highest BCUT2D eigenvalue weighted by Gasteiger charge is 2.18. The first-order chi connectivity index (χ1) is 7.90. The second kappa shape index (κ2) is 3.79. The predicted molar refractivity (Wildman–Crippen MR) is 64.0 cm³/mol. The summed E-state index contributed by atoms with van der Waals surface area (Å²) in [4.78, 5) is 11.0. The van der Waals surface area contributed by atoms with Crippen LogP contribution in [-0.4, -0.2) is 16.1 Å². The first-order valence-corrected chi connectivity index (χ1v) is 6.23. The Labute approximate surface area is 97.5 Å². The maximum atomic E-state index is 11.0. The molecule has 1 aromatic carbocycles. The predicted octanol–water partition coefficient (Wildman–Crippen LogP) is 2.43. The highest BCUT2D eigenvalue weighted by atomic mass is 32.2. The van der Waals surface area contributed by atoms with Gasteiger partial charge in [-0.3, -0.25) is 4.79 Å². The SMILES string of the molecule is O=Cc1ccccc1-n1ncc2c1CSC2. The van der Waals surface area contributed by atoms with Crippen LogP contribution in [0.5, 0.6) is 0 Å². The van der Waals surface area contributed by atoms with Gasteiger partial charge in [-0.25, -0.2) is 4.68 Å². The van der Waals surface area contributed by atoms with Crippen LogP contribution in [-0.2, 0) is 11.5 Å². The lowest BCUT2D eigenvalue weighted by Gasteiger charge is -2.07. The topological polar surface area (TPSA) is 34.9 Å². The molecule has 0 atom stereocenters. The van der Waals surface area contributed by atoms with Crippen LogP contribution in [0.1, 0.15) is 21.6 Å². The average molecular weight is 230 g/mol. The zero-order valence-electron chi connectivity index (χ0n) is 8.59. The van der Waals surface area contributed by atoms with Crippen molar-refractivity contribution in [1.82, 2.24) is 9.78 Å². The van der Waals surface area contributed by atoms with Gasteiger partial charge in [-0.2, -0.15) is 16.9 Å². The molecule has 0 saturated carbocycles. The second-order valence-corrected chi connectivity index (χ2v) is 4.68. The molecule has 1 aliphatic rings. The van der Waals surface area contributed by atoms with Gasteiger partial charge in [0.15, 0.2) is 6.29 Å². The number of aldehydes is 1. The Bertz CT molecular complexity index is 548. The lowest BCUT2D eigenvalue weighted by atomic mass is 10.2. The lowest BCUT2D eigenvalue weighted by molar-refractivity contribution is 0.112. The van der Waals surface area contributed by atoms with Crippen LogP contribution in [0.4, 0.5) is 0 Å². The minimum absolute atomic E-state index is 0.685. The number of fused-ring (bicyclic) bond motifs is 1. The van der Waals surface area contributed by atoms with Gasteiger partial charge in [0.2, 0.25) is 0 Å².